The van der Waals surface area contributed by atoms with E-state index in [4.69, 9.17) is 4.74 Å². The topological polar surface area (TPSA) is 50.4 Å². The molecule has 0 aromatic heterocycles. The van der Waals surface area contributed by atoms with Crippen LogP contribution in [0.15, 0.2) is 0 Å². The molecule has 1 unspecified atom stereocenters. The van der Waals surface area contributed by atoms with E-state index in [2.05, 4.69) is 17.6 Å². The molecule has 0 radical (unpaired) electrons. The Labute approximate surface area is 111 Å². The van der Waals surface area contributed by atoms with Crippen LogP contribution in [-0.4, -0.2) is 31.3 Å². The molecule has 0 aromatic carbocycles. The number of hydrogen-bond donors (Lipinski definition) is 2. The molecule has 1 aliphatic rings. The standard InChI is InChI=1S/C14H28N2O2/c1-5-14(7-6-9-15-11-14)8-10-16-12(17)18-13(2,3)4/h15H,5-11H2,1-4H3,(H,16,17). The summed E-state index contributed by atoms with van der Waals surface area (Å²) in [4.78, 5) is 11.5. The summed E-state index contributed by atoms with van der Waals surface area (Å²) in [6, 6.07) is 0. The fourth-order valence-corrected chi connectivity index (χ4v) is 2.47. The third-order valence-electron chi connectivity index (χ3n) is 3.63. The zero-order chi connectivity index (χ0) is 13.6. The summed E-state index contributed by atoms with van der Waals surface area (Å²) in [7, 11) is 0. The van der Waals surface area contributed by atoms with Crippen molar-refractivity contribution >= 4 is 6.09 Å². The van der Waals surface area contributed by atoms with Gasteiger partial charge in [-0.15, -0.1) is 0 Å². The highest BCUT2D eigenvalue weighted by Gasteiger charge is 2.29. The highest BCUT2D eigenvalue weighted by atomic mass is 16.6. The lowest BCUT2D eigenvalue weighted by Gasteiger charge is -2.37. The Morgan fingerprint density at radius 1 is 1.44 bits per heavy atom. The first-order chi connectivity index (χ1) is 8.37. The lowest BCUT2D eigenvalue weighted by atomic mass is 9.76. The molecule has 0 aliphatic carbocycles. The summed E-state index contributed by atoms with van der Waals surface area (Å²) in [6.07, 6.45) is 4.37. The number of ether oxygens (including phenoxy) is 1. The van der Waals surface area contributed by atoms with E-state index in [0.29, 0.717) is 12.0 Å². The molecule has 1 saturated heterocycles. The van der Waals surface area contributed by atoms with Crippen LogP contribution in [0.3, 0.4) is 0 Å². The van der Waals surface area contributed by atoms with E-state index in [0.717, 1.165) is 25.9 Å². The summed E-state index contributed by atoms with van der Waals surface area (Å²) in [5.41, 5.74) is -0.0633. The SMILES string of the molecule is CCC1(CCNC(=O)OC(C)(C)C)CCCNC1. The predicted octanol–water partition coefficient (Wildman–Crippen LogP) is 2.68. The molecule has 18 heavy (non-hydrogen) atoms. The Bertz CT molecular complexity index is 265. The van der Waals surface area contributed by atoms with Crippen LogP contribution in [0.4, 0.5) is 4.79 Å². The maximum Gasteiger partial charge on any atom is 0.407 e. The van der Waals surface area contributed by atoms with Gasteiger partial charge >= 0.3 is 6.09 Å². The molecule has 1 rings (SSSR count). The molecule has 2 N–H and O–H groups in total. The highest BCUT2D eigenvalue weighted by molar-refractivity contribution is 5.67. The van der Waals surface area contributed by atoms with Crippen LogP contribution >= 0.6 is 0 Å². The fraction of sp³-hybridized carbons (Fsp3) is 0.929. The van der Waals surface area contributed by atoms with Gasteiger partial charge < -0.3 is 15.4 Å². The fourth-order valence-electron chi connectivity index (χ4n) is 2.47. The van der Waals surface area contributed by atoms with Gasteiger partial charge in [0.15, 0.2) is 0 Å². The van der Waals surface area contributed by atoms with Gasteiger partial charge in [-0.3, -0.25) is 0 Å². The Morgan fingerprint density at radius 2 is 2.17 bits per heavy atom. The second-order valence-corrected chi connectivity index (χ2v) is 6.31. The first-order valence-corrected chi connectivity index (χ1v) is 7.04. The number of alkyl carbamates (subject to hydrolysis) is 1. The van der Waals surface area contributed by atoms with Crippen molar-refractivity contribution in [1.29, 1.82) is 0 Å². The molecule has 0 bridgehead atoms. The molecule has 4 heteroatoms. The monoisotopic (exact) mass is 256 g/mol. The van der Waals surface area contributed by atoms with E-state index >= 15 is 0 Å². The van der Waals surface area contributed by atoms with Crippen molar-refractivity contribution in [1.82, 2.24) is 10.6 Å². The number of carbonyl (C=O) groups excluding carboxylic acids is 1. The maximum atomic E-state index is 11.5. The number of rotatable bonds is 4. The molecule has 106 valence electrons. The predicted molar refractivity (Wildman–Crippen MR) is 73.7 cm³/mol. The van der Waals surface area contributed by atoms with Crippen molar-refractivity contribution in [2.45, 2.75) is 59.0 Å². The number of hydrogen-bond acceptors (Lipinski definition) is 3. The van der Waals surface area contributed by atoms with Crippen LogP contribution in [-0.2, 0) is 4.74 Å². The summed E-state index contributed by atoms with van der Waals surface area (Å²) in [5.74, 6) is 0. The van der Waals surface area contributed by atoms with Crippen molar-refractivity contribution in [3.63, 3.8) is 0 Å². The van der Waals surface area contributed by atoms with E-state index in [1.165, 1.54) is 12.8 Å². The molecule has 0 aromatic rings. The average molecular weight is 256 g/mol. The molecule has 1 aliphatic heterocycles. The van der Waals surface area contributed by atoms with Gasteiger partial charge in [0.05, 0.1) is 0 Å². The van der Waals surface area contributed by atoms with Crippen LogP contribution < -0.4 is 10.6 Å². The molecular formula is C14H28N2O2. The number of piperidine rings is 1. The van der Waals surface area contributed by atoms with Crippen molar-refractivity contribution in [2.75, 3.05) is 19.6 Å². The Kier molecular flexibility index (Phi) is 5.45. The maximum absolute atomic E-state index is 11.5. The van der Waals surface area contributed by atoms with Crippen molar-refractivity contribution in [2.24, 2.45) is 5.41 Å². The van der Waals surface area contributed by atoms with Gasteiger partial charge in [0.1, 0.15) is 5.60 Å². The van der Waals surface area contributed by atoms with Gasteiger partial charge in [-0.2, -0.15) is 0 Å². The zero-order valence-corrected chi connectivity index (χ0v) is 12.3. The smallest absolute Gasteiger partial charge is 0.407 e. The molecule has 0 spiro atoms. The van der Waals surface area contributed by atoms with Crippen LogP contribution in [0.2, 0.25) is 0 Å². The number of nitrogens with one attached hydrogen (secondary N) is 2. The minimum absolute atomic E-state index is 0.308. The van der Waals surface area contributed by atoms with Gasteiger partial charge in [0.2, 0.25) is 0 Å². The van der Waals surface area contributed by atoms with Crippen molar-refractivity contribution in [3.05, 3.63) is 0 Å². The molecule has 1 fully saturated rings. The highest BCUT2D eigenvalue weighted by Crippen LogP contribution is 2.33. The van der Waals surface area contributed by atoms with E-state index in [1.807, 2.05) is 20.8 Å². The lowest BCUT2D eigenvalue weighted by molar-refractivity contribution is 0.0515. The Morgan fingerprint density at radius 3 is 2.67 bits per heavy atom. The molecule has 0 saturated carbocycles. The first kappa shape index (κ1) is 15.3. The van der Waals surface area contributed by atoms with Gasteiger partial charge in [-0.1, -0.05) is 6.92 Å². The Balaban J connectivity index is 2.29. The summed E-state index contributed by atoms with van der Waals surface area (Å²) >= 11 is 0. The Hall–Kier alpha value is -0.770. The third kappa shape index (κ3) is 5.25. The normalized spacial score (nSPS) is 24.7. The van der Waals surface area contributed by atoms with Gasteiger partial charge in [0.25, 0.3) is 0 Å². The van der Waals surface area contributed by atoms with E-state index in [1.54, 1.807) is 0 Å². The van der Waals surface area contributed by atoms with Crippen LogP contribution in [0.1, 0.15) is 53.4 Å². The minimum atomic E-state index is -0.418. The van der Waals surface area contributed by atoms with Crippen LogP contribution in [0.5, 0.6) is 0 Å². The van der Waals surface area contributed by atoms with Gasteiger partial charge in [-0.05, 0) is 58.4 Å². The van der Waals surface area contributed by atoms with Gasteiger partial charge in [0, 0.05) is 13.1 Å². The largest absolute Gasteiger partial charge is 0.444 e. The second kappa shape index (κ2) is 6.41. The molecular weight excluding hydrogens is 228 g/mol. The van der Waals surface area contributed by atoms with E-state index in [-0.39, 0.29) is 6.09 Å². The molecule has 4 nitrogen and oxygen atoms in total. The molecule has 1 heterocycles. The lowest BCUT2D eigenvalue weighted by Crippen LogP contribution is -2.42. The summed E-state index contributed by atoms with van der Waals surface area (Å²) in [5, 5.41) is 6.32. The zero-order valence-electron chi connectivity index (χ0n) is 12.3. The summed E-state index contributed by atoms with van der Waals surface area (Å²) < 4.78 is 5.23. The average Bonchev–Trinajstić information content (AvgIpc) is 2.28. The number of amides is 1. The molecule has 1 atom stereocenters. The van der Waals surface area contributed by atoms with E-state index < -0.39 is 5.60 Å². The second-order valence-electron chi connectivity index (χ2n) is 6.31. The van der Waals surface area contributed by atoms with Crippen LogP contribution in [0, 0.1) is 5.41 Å². The van der Waals surface area contributed by atoms with E-state index in [9.17, 15) is 4.79 Å². The first-order valence-electron chi connectivity index (χ1n) is 7.04. The minimum Gasteiger partial charge on any atom is -0.444 e. The number of carbonyl (C=O) groups is 1. The van der Waals surface area contributed by atoms with Crippen molar-refractivity contribution in [3.8, 4) is 0 Å². The quantitative estimate of drug-likeness (QED) is 0.813. The van der Waals surface area contributed by atoms with Crippen LogP contribution in [0.25, 0.3) is 0 Å². The van der Waals surface area contributed by atoms with Gasteiger partial charge in [-0.25, -0.2) is 4.79 Å². The third-order valence-corrected chi connectivity index (χ3v) is 3.63. The summed E-state index contributed by atoms with van der Waals surface area (Å²) in [6.45, 7) is 10.8. The molecule has 1 amide bonds. The van der Waals surface area contributed by atoms with Crippen molar-refractivity contribution < 1.29 is 9.53 Å².